The van der Waals surface area contributed by atoms with E-state index >= 15 is 8.78 Å². The summed E-state index contributed by atoms with van der Waals surface area (Å²) in [6.45, 7) is 1.57. The van der Waals surface area contributed by atoms with Crippen molar-refractivity contribution in [3.63, 3.8) is 0 Å². The third kappa shape index (κ3) is 3.90. The van der Waals surface area contributed by atoms with Crippen molar-refractivity contribution in [3.8, 4) is 6.07 Å². The summed E-state index contributed by atoms with van der Waals surface area (Å²) < 4.78 is 34.0. The predicted molar refractivity (Wildman–Crippen MR) is 160 cm³/mol. The summed E-state index contributed by atoms with van der Waals surface area (Å²) >= 11 is 0. The van der Waals surface area contributed by atoms with Crippen LogP contribution in [-0.2, 0) is 25.7 Å². The maximum atomic E-state index is 17.6. The van der Waals surface area contributed by atoms with Gasteiger partial charge in [0.25, 0.3) is 0 Å². The Kier molecular flexibility index (Phi) is 6.05. The number of fused-ring (bicyclic) bond motifs is 4. The van der Waals surface area contributed by atoms with E-state index in [-0.39, 0.29) is 22.5 Å². The Bertz CT molecular complexity index is 1780. The lowest BCUT2D eigenvalue weighted by Gasteiger charge is -2.33. The topological polar surface area (TPSA) is 30.3 Å². The molecule has 2 aliphatic heterocycles. The molecule has 2 aliphatic rings. The van der Waals surface area contributed by atoms with E-state index in [4.69, 9.17) is 0 Å². The molecule has 0 N–H and O–H groups in total. The van der Waals surface area contributed by atoms with Crippen LogP contribution in [0.3, 0.4) is 0 Å². The van der Waals surface area contributed by atoms with Crippen molar-refractivity contribution in [2.45, 2.75) is 32.6 Å². The van der Waals surface area contributed by atoms with E-state index in [2.05, 4.69) is 0 Å². The molecule has 2 heterocycles. The molecule has 0 aliphatic carbocycles. The zero-order valence-electron chi connectivity index (χ0n) is 22.7. The van der Waals surface area contributed by atoms with Gasteiger partial charge >= 0.3 is 0 Å². The summed E-state index contributed by atoms with van der Waals surface area (Å²) in [4.78, 5) is 3.61. The number of nitriles is 1. The van der Waals surface area contributed by atoms with Gasteiger partial charge < -0.3 is 9.80 Å². The number of hydrogen-bond acceptors (Lipinski definition) is 3. The highest BCUT2D eigenvalue weighted by Crippen LogP contribution is 2.51. The molecule has 0 saturated carbocycles. The summed E-state index contributed by atoms with van der Waals surface area (Å²) in [7, 11) is 0. The molecule has 41 heavy (non-hydrogen) atoms. The summed E-state index contributed by atoms with van der Waals surface area (Å²) in [5.41, 5.74) is 7.12. The van der Waals surface area contributed by atoms with Crippen molar-refractivity contribution in [2.24, 2.45) is 0 Å². The Labute approximate surface area is 238 Å². The van der Waals surface area contributed by atoms with E-state index in [9.17, 15) is 5.26 Å². The monoisotopic (exact) mass is 539 g/mol. The summed E-state index contributed by atoms with van der Waals surface area (Å²) in [5.74, 6) is -1.34. The second-order valence-electron chi connectivity index (χ2n) is 10.6. The van der Waals surface area contributed by atoms with Crippen molar-refractivity contribution in [2.75, 3.05) is 9.80 Å². The molecule has 5 aromatic carbocycles. The van der Waals surface area contributed by atoms with Gasteiger partial charge in [0.1, 0.15) is 23.1 Å². The molecule has 7 rings (SSSR count). The van der Waals surface area contributed by atoms with Gasteiger partial charge in [0.15, 0.2) is 5.82 Å². The van der Waals surface area contributed by atoms with Crippen molar-refractivity contribution in [3.05, 3.63) is 142 Å². The molecule has 0 saturated heterocycles. The van der Waals surface area contributed by atoms with Gasteiger partial charge in [-0.15, -0.1) is 0 Å². The summed E-state index contributed by atoms with van der Waals surface area (Å²) in [5, 5.41) is 10.3. The second-order valence-corrected chi connectivity index (χ2v) is 10.6. The standard InChI is InChI=1S/C36H27F2N3/c1-23-33(37)28(22-39)36(41-31-16-8-4-12-26(31)20-21-27-13-5-9-17-32(27)41)34(38)35(23)40-29-14-6-2-10-24(29)18-19-25-11-3-7-15-30(25)40/h2-17H,18-21H2,1H3. The van der Waals surface area contributed by atoms with E-state index < -0.39 is 11.6 Å². The molecule has 200 valence electrons. The number of benzene rings is 5. The smallest absolute Gasteiger partial charge is 0.173 e. The van der Waals surface area contributed by atoms with E-state index in [0.29, 0.717) is 0 Å². The maximum absolute atomic E-state index is 17.6. The first-order valence-corrected chi connectivity index (χ1v) is 13.9. The van der Waals surface area contributed by atoms with Crippen LogP contribution >= 0.6 is 0 Å². The van der Waals surface area contributed by atoms with Crippen molar-refractivity contribution < 1.29 is 8.78 Å². The number of para-hydroxylation sites is 4. The molecule has 0 aromatic heterocycles. The highest BCUT2D eigenvalue weighted by Gasteiger charge is 2.35. The van der Waals surface area contributed by atoms with Crippen LogP contribution in [0.2, 0.25) is 0 Å². The molecule has 3 nitrogen and oxygen atoms in total. The third-order valence-corrected chi connectivity index (χ3v) is 8.37. The molecule has 0 spiro atoms. The lowest BCUT2D eigenvalue weighted by molar-refractivity contribution is 0.591. The first-order chi connectivity index (χ1) is 20.1. The van der Waals surface area contributed by atoms with Crippen LogP contribution in [-0.4, -0.2) is 0 Å². The normalized spacial score (nSPS) is 13.7. The van der Waals surface area contributed by atoms with Crippen LogP contribution in [0.5, 0.6) is 0 Å². The van der Waals surface area contributed by atoms with Gasteiger partial charge in [-0.05, 0) is 79.1 Å². The molecule has 0 bridgehead atoms. The van der Waals surface area contributed by atoms with Gasteiger partial charge in [-0.2, -0.15) is 5.26 Å². The number of rotatable bonds is 2. The number of aryl methyl sites for hydroxylation is 4. The molecule has 0 unspecified atom stereocenters. The minimum Gasteiger partial charge on any atom is -0.307 e. The highest BCUT2D eigenvalue weighted by molar-refractivity contribution is 5.91. The van der Waals surface area contributed by atoms with Crippen LogP contribution < -0.4 is 9.80 Å². The highest BCUT2D eigenvalue weighted by atomic mass is 19.1. The average Bonchev–Trinajstić information content (AvgIpc) is 3.28. The van der Waals surface area contributed by atoms with Crippen molar-refractivity contribution in [1.82, 2.24) is 0 Å². The van der Waals surface area contributed by atoms with Gasteiger partial charge in [-0.25, -0.2) is 8.78 Å². The molecule has 0 radical (unpaired) electrons. The third-order valence-electron chi connectivity index (χ3n) is 8.37. The Morgan fingerprint density at radius 1 is 0.537 bits per heavy atom. The fourth-order valence-electron chi connectivity index (χ4n) is 6.40. The van der Waals surface area contributed by atoms with Crippen LogP contribution in [0.4, 0.5) is 42.9 Å². The SMILES string of the molecule is Cc1c(F)c(C#N)c(N2c3ccccc3CCc3ccccc32)c(F)c1N1c2ccccc2CCc2ccccc21. The first kappa shape index (κ1) is 25.0. The zero-order valence-corrected chi connectivity index (χ0v) is 22.7. The van der Waals surface area contributed by atoms with E-state index in [1.54, 1.807) is 11.8 Å². The Balaban J connectivity index is 1.59. The maximum Gasteiger partial charge on any atom is 0.173 e. The van der Waals surface area contributed by atoms with Gasteiger partial charge in [0.05, 0.1) is 5.69 Å². The van der Waals surface area contributed by atoms with Crippen LogP contribution in [0.15, 0.2) is 97.1 Å². The van der Waals surface area contributed by atoms with Crippen LogP contribution in [0.1, 0.15) is 33.4 Å². The van der Waals surface area contributed by atoms with E-state index in [1.165, 1.54) is 0 Å². The molecule has 0 amide bonds. The molecule has 5 aromatic rings. The van der Waals surface area contributed by atoms with E-state index in [0.717, 1.165) is 70.7 Å². The number of anilines is 6. The van der Waals surface area contributed by atoms with E-state index in [1.807, 2.05) is 108 Å². The van der Waals surface area contributed by atoms with Crippen molar-refractivity contribution >= 4 is 34.1 Å². The molecule has 5 heteroatoms. The summed E-state index contributed by atoms with van der Waals surface area (Å²) in [6, 6.07) is 33.5. The zero-order chi connectivity index (χ0) is 28.1. The van der Waals surface area contributed by atoms with Gasteiger partial charge in [0, 0.05) is 28.3 Å². The molecular weight excluding hydrogens is 512 g/mol. The van der Waals surface area contributed by atoms with Crippen LogP contribution in [0.25, 0.3) is 0 Å². The Morgan fingerprint density at radius 2 is 0.878 bits per heavy atom. The lowest BCUT2D eigenvalue weighted by Crippen LogP contribution is -2.21. The van der Waals surface area contributed by atoms with Gasteiger partial charge in [-0.3, -0.25) is 0 Å². The molecular formula is C36H27F2N3. The first-order valence-electron chi connectivity index (χ1n) is 13.9. The lowest BCUT2D eigenvalue weighted by atomic mass is 10.00. The molecule has 0 fully saturated rings. The fraction of sp³-hybridized carbons (Fsp3) is 0.139. The number of hydrogen-bond donors (Lipinski definition) is 0. The molecule has 0 atom stereocenters. The average molecular weight is 540 g/mol. The van der Waals surface area contributed by atoms with Crippen molar-refractivity contribution in [1.29, 1.82) is 5.26 Å². The quantitative estimate of drug-likeness (QED) is 0.224. The fourth-order valence-corrected chi connectivity index (χ4v) is 6.40. The Morgan fingerprint density at radius 3 is 1.24 bits per heavy atom. The summed E-state index contributed by atoms with van der Waals surface area (Å²) in [6.07, 6.45) is 3.06. The largest absolute Gasteiger partial charge is 0.307 e. The minimum absolute atomic E-state index is 0.0633. The van der Waals surface area contributed by atoms with Gasteiger partial charge in [0.2, 0.25) is 0 Å². The van der Waals surface area contributed by atoms with Gasteiger partial charge in [-0.1, -0.05) is 72.8 Å². The number of halogens is 2. The predicted octanol–water partition coefficient (Wildman–Crippen LogP) is 9.28. The Hall–Kier alpha value is -4.95. The number of nitrogens with zero attached hydrogens (tertiary/aromatic N) is 3. The van der Waals surface area contributed by atoms with Crippen LogP contribution in [0, 0.1) is 29.9 Å². The minimum atomic E-state index is -0.711. The second kappa shape index (κ2) is 9.91.